The van der Waals surface area contributed by atoms with Crippen molar-refractivity contribution in [1.29, 1.82) is 0 Å². The summed E-state index contributed by atoms with van der Waals surface area (Å²) >= 11 is 0. The summed E-state index contributed by atoms with van der Waals surface area (Å²) in [7, 11) is 0. The van der Waals surface area contributed by atoms with E-state index in [9.17, 15) is 0 Å². The average Bonchev–Trinajstić information content (AvgIpc) is 2.64. The van der Waals surface area contributed by atoms with E-state index in [1.807, 2.05) is 6.08 Å². The normalized spacial score (nSPS) is 11.3. The maximum atomic E-state index is 3.30. The summed E-state index contributed by atoms with van der Waals surface area (Å²) in [5.74, 6) is 0. The topological polar surface area (TPSA) is 0 Å². The molecule has 0 heterocycles. The van der Waals surface area contributed by atoms with Gasteiger partial charge >= 0.3 is 21.7 Å². The van der Waals surface area contributed by atoms with Crippen molar-refractivity contribution >= 4 is 0 Å². The SMILES string of the molecule is Cc1cccc(C)c1CC1=[C-]C=CC1.[Cl-].[Cl-].[Cl-].[Ti+4]. The molecule has 18 heavy (non-hydrogen) atoms. The Morgan fingerprint density at radius 1 is 1.06 bits per heavy atom. The molecule has 0 radical (unpaired) electrons. The van der Waals surface area contributed by atoms with E-state index in [1.54, 1.807) is 0 Å². The Labute approximate surface area is 143 Å². The summed E-state index contributed by atoms with van der Waals surface area (Å²) in [6.45, 7) is 4.37. The van der Waals surface area contributed by atoms with E-state index in [4.69, 9.17) is 0 Å². The van der Waals surface area contributed by atoms with Gasteiger partial charge in [-0.05, 0) is 37.0 Å². The van der Waals surface area contributed by atoms with Crippen LogP contribution in [0.5, 0.6) is 0 Å². The first kappa shape index (κ1) is 23.4. The minimum Gasteiger partial charge on any atom is -1.00 e. The Balaban J connectivity index is -0.000000562. The predicted octanol–water partition coefficient (Wildman–Crippen LogP) is -5.46. The minimum absolute atomic E-state index is 0. The molecule has 1 aromatic rings. The van der Waals surface area contributed by atoms with Crippen molar-refractivity contribution in [2.75, 3.05) is 0 Å². The molecule has 0 aromatic heterocycles. The monoisotopic (exact) mass is 336 g/mol. The number of hydrogen-bond donors (Lipinski definition) is 0. The first-order valence-corrected chi connectivity index (χ1v) is 5.08. The molecule has 0 bridgehead atoms. The predicted molar refractivity (Wildman–Crippen MR) is 60.1 cm³/mol. The van der Waals surface area contributed by atoms with Crippen LogP contribution in [0.3, 0.4) is 0 Å². The van der Waals surface area contributed by atoms with Gasteiger partial charge in [-0.25, -0.2) is 12.2 Å². The van der Waals surface area contributed by atoms with E-state index in [0.29, 0.717) is 0 Å². The van der Waals surface area contributed by atoms with Gasteiger partial charge in [-0.3, -0.25) is 6.08 Å². The molecule has 0 atom stereocenters. The summed E-state index contributed by atoms with van der Waals surface area (Å²) in [5, 5.41) is 0. The molecule has 0 nitrogen and oxygen atoms in total. The second kappa shape index (κ2) is 11.1. The Bertz CT molecular complexity index is 391. The van der Waals surface area contributed by atoms with Gasteiger partial charge in [-0.2, -0.15) is 5.57 Å². The molecule has 4 heteroatoms. The zero-order valence-electron chi connectivity index (χ0n) is 10.4. The van der Waals surface area contributed by atoms with Gasteiger partial charge in [0.25, 0.3) is 0 Å². The molecule has 0 N–H and O–H groups in total. The quantitative estimate of drug-likeness (QED) is 0.373. The van der Waals surface area contributed by atoms with Crippen LogP contribution in [0, 0.1) is 19.9 Å². The summed E-state index contributed by atoms with van der Waals surface area (Å²) in [5.41, 5.74) is 5.67. The van der Waals surface area contributed by atoms with Crippen LogP contribution < -0.4 is 37.2 Å². The van der Waals surface area contributed by atoms with Gasteiger partial charge in [-0.1, -0.05) is 24.6 Å². The van der Waals surface area contributed by atoms with E-state index >= 15 is 0 Å². The van der Waals surface area contributed by atoms with Crippen molar-refractivity contribution < 1.29 is 58.9 Å². The zero-order valence-corrected chi connectivity index (χ0v) is 14.3. The van der Waals surface area contributed by atoms with Crippen molar-refractivity contribution in [3.63, 3.8) is 0 Å². The molecule has 1 aromatic carbocycles. The minimum atomic E-state index is 0. The van der Waals surface area contributed by atoms with Gasteiger partial charge in [-0.15, -0.1) is 0 Å². The van der Waals surface area contributed by atoms with E-state index in [1.165, 1.54) is 22.3 Å². The molecule has 0 aliphatic heterocycles. The van der Waals surface area contributed by atoms with Crippen molar-refractivity contribution in [1.82, 2.24) is 0 Å². The molecule has 0 unspecified atom stereocenters. The number of benzene rings is 1. The van der Waals surface area contributed by atoms with Crippen LogP contribution in [0.4, 0.5) is 0 Å². The molecule has 0 saturated carbocycles. The number of aryl methyl sites for hydroxylation is 2. The average molecular weight is 338 g/mol. The Hall–Kier alpha value is 0.284. The van der Waals surface area contributed by atoms with Crippen LogP contribution >= 0.6 is 0 Å². The third-order valence-corrected chi connectivity index (χ3v) is 2.80. The van der Waals surface area contributed by atoms with Gasteiger partial charge in [0.15, 0.2) is 0 Å². The van der Waals surface area contributed by atoms with Crippen molar-refractivity contribution in [2.24, 2.45) is 0 Å². The number of hydrogen-bond acceptors (Lipinski definition) is 0. The molecule has 2 rings (SSSR count). The summed E-state index contributed by atoms with van der Waals surface area (Å²) < 4.78 is 0. The van der Waals surface area contributed by atoms with Crippen LogP contribution in [0.2, 0.25) is 0 Å². The van der Waals surface area contributed by atoms with Crippen molar-refractivity contribution in [3.05, 3.63) is 58.7 Å². The number of halogens is 3. The summed E-state index contributed by atoms with van der Waals surface area (Å²) in [4.78, 5) is 0. The fourth-order valence-corrected chi connectivity index (χ4v) is 1.90. The summed E-state index contributed by atoms with van der Waals surface area (Å²) in [6, 6.07) is 6.50. The van der Waals surface area contributed by atoms with Gasteiger partial charge < -0.3 is 37.2 Å². The van der Waals surface area contributed by atoms with Crippen LogP contribution in [-0.2, 0) is 28.1 Å². The molecule has 0 amide bonds. The standard InChI is InChI=1S/C14H15.3ClH.Ti/c1-11-6-5-7-12(2)14(11)10-13-8-3-4-9-13;;;;/h3-7H,8,10H2,1-2H3;3*1H;/q-1;;;;+4/p-3. The fraction of sp³-hybridized carbons (Fsp3) is 0.286. The number of rotatable bonds is 2. The van der Waals surface area contributed by atoms with E-state index in [2.05, 4.69) is 44.2 Å². The van der Waals surface area contributed by atoms with Gasteiger partial charge in [0, 0.05) is 0 Å². The van der Waals surface area contributed by atoms with Crippen LogP contribution in [0.15, 0.2) is 35.9 Å². The van der Waals surface area contributed by atoms with E-state index < -0.39 is 0 Å². The zero-order chi connectivity index (χ0) is 9.97. The van der Waals surface area contributed by atoms with Crippen LogP contribution in [0.1, 0.15) is 23.1 Å². The van der Waals surface area contributed by atoms with Gasteiger partial charge in [0.2, 0.25) is 0 Å². The Morgan fingerprint density at radius 2 is 1.61 bits per heavy atom. The molecule has 0 spiro atoms. The molecule has 0 saturated heterocycles. The van der Waals surface area contributed by atoms with Crippen molar-refractivity contribution in [3.8, 4) is 0 Å². The second-order valence-corrected chi connectivity index (χ2v) is 3.90. The first-order valence-electron chi connectivity index (χ1n) is 5.08. The van der Waals surface area contributed by atoms with Gasteiger partial charge in [0.05, 0.1) is 0 Å². The molecule has 96 valence electrons. The molecule has 1 aliphatic rings. The maximum Gasteiger partial charge on any atom is 4.00 e. The molecule has 0 fully saturated rings. The smallest absolute Gasteiger partial charge is 1.00 e. The summed E-state index contributed by atoms with van der Waals surface area (Å²) in [6.07, 6.45) is 9.63. The Kier molecular flexibility index (Phi) is 14.5. The third-order valence-electron chi connectivity index (χ3n) is 2.80. The van der Waals surface area contributed by atoms with Gasteiger partial charge in [0.1, 0.15) is 0 Å². The fourth-order valence-electron chi connectivity index (χ4n) is 1.90. The van der Waals surface area contributed by atoms with E-state index in [-0.39, 0.29) is 58.9 Å². The number of allylic oxidation sites excluding steroid dienone is 4. The second-order valence-electron chi connectivity index (χ2n) is 3.90. The van der Waals surface area contributed by atoms with Crippen LogP contribution in [-0.4, -0.2) is 0 Å². The van der Waals surface area contributed by atoms with Crippen LogP contribution in [0.25, 0.3) is 0 Å². The molecule has 1 aliphatic carbocycles. The molecular weight excluding hydrogens is 322 g/mol. The van der Waals surface area contributed by atoms with E-state index in [0.717, 1.165) is 12.8 Å². The molecular formula is C14H15Cl3Ti. The largest absolute Gasteiger partial charge is 4.00 e. The van der Waals surface area contributed by atoms with Crippen molar-refractivity contribution in [2.45, 2.75) is 26.7 Å². The maximum absolute atomic E-state index is 3.30. The Morgan fingerprint density at radius 3 is 2.06 bits per heavy atom. The first-order chi connectivity index (χ1) is 6.77. The third kappa shape index (κ3) is 5.95.